The van der Waals surface area contributed by atoms with Gasteiger partial charge in [0.05, 0.1) is 5.69 Å². The van der Waals surface area contributed by atoms with Gasteiger partial charge in [-0.05, 0) is 37.8 Å². The Balaban J connectivity index is 1.70. The number of rotatable bonds is 6. The summed E-state index contributed by atoms with van der Waals surface area (Å²) in [5.74, 6) is 0.975. The lowest BCUT2D eigenvalue weighted by molar-refractivity contribution is 0.0953. The summed E-state index contributed by atoms with van der Waals surface area (Å²) in [4.78, 5) is 23.2. The summed E-state index contributed by atoms with van der Waals surface area (Å²) < 4.78 is 0. The summed E-state index contributed by atoms with van der Waals surface area (Å²) in [6.45, 7) is 4.96. The fourth-order valence-corrected chi connectivity index (χ4v) is 3.07. The summed E-state index contributed by atoms with van der Waals surface area (Å²) in [6.07, 6.45) is 7.46. The van der Waals surface area contributed by atoms with Crippen LogP contribution in [-0.2, 0) is 0 Å². The number of hydrogen-bond acceptors (Lipinski definition) is 4. The van der Waals surface area contributed by atoms with Crippen LogP contribution in [0.1, 0.15) is 49.4 Å². The molecule has 25 heavy (non-hydrogen) atoms. The van der Waals surface area contributed by atoms with Crippen molar-refractivity contribution in [2.45, 2.75) is 39.0 Å². The molecule has 2 aromatic rings. The Morgan fingerprint density at radius 3 is 2.60 bits per heavy atom. The Morgan fingerprint density at radius 2 is 1.88 bits per heavy atom. The van der Waals surface area contributed by atoms with Crippen LogP contribution in [0, 0.1) is 0 Å². The maximum Gasteiger partial charge on any atom is 0.251 e. The van der Waals surface area contributed by atoms with E-state index in [1.54, 1.807) is 6.33 Å². The molecule has 5 nitrogen and oxygen atoms in total. The predicted octanol–water partition coefficient (Wildman–Crippen LogP) is 3.66. The highest BCUT2D eigenvalue weighted by molar-refractivity contribution is 5.94. The van der Waals surface area contributed by atoms with Gasteiger partial charge in [-0.2, -0.15) is 0 Å². The van der Waals surface area contributed by atoms with Crippen molar-refractivity contribution in [1.82, 2.24) is 15.3 Å². The van der Waals surface area contributed by atoms with E-state index >= 15 is 0 Å². The van der Waals surface area contributed by atoms with Crippen LogP contribution in [0.15, 0.2) is 36.7 Å². The second-order valence-corrected chi connectivity index (χ2v) is 6.50. The van der Waals surface area contributed by atoms with Gasteiger partial charge >= 0.3 is 0 Å². The van der Waals surface area contributed by atoms with Gasteiger partial charge in [0.15, 0.2) is 0 Å². The van der Waals surface area contributed by atoms with Gasteiger partial charge in [-0.3, -0.25) is 4.79 Å². The largest absolute Gasteiger partial charge is 0.357 e. The number of nitrogens with zero attached hydrogens (tertiary/aromatic N) is 3. The van der Waals surface area contributed by atoms with Crippen molar-refractivity contribution < 1.29 is 4.79 Å². The lowest BCUT2D eigenvalue weighted by atomic mass is 10.1. The van der Waals surface area contributed by atoms with E-state index in [2.05, 4.69) is 27.1 Å². The van der Waals surface area contributed by atoms with Crippen molar-refractivity contribution in [3.63, 3.8) is 0 Å². The van der Waals surface area contributed by atoms with E-state index in [1.807, 2.05) is 30.3 Å². The normalized spacial score (nSPS) is 14.4. The highest BCUT2D eigenvalue weighted by atomic mass is 16.1. The molecule has 0 unspecified atom stereocenters. The summed E-state index contributed by atoms with van der Waals surface area (Å²) in [5, 5.41) is 2.94. The minimum absolute atomic E-state index is 0.0170. The Morgan fingerprint density at radius 1 is 1.12 bits per heavy atom. The molecule has 5 heteroatoms. The molecule has 1 amide bonds. The quantitative estimate of drug-likeness (QED) is 0.817. The van der Waals surface area contributed by atoms with E-state index in [4.69, 9.17) is 0 Å². The molecule has 0 bridgehead atoms. The Hall–Kier alpha value is -2.43. The number of carbonyl (C=O) groups excluding carboxylic acids is 1. The van der Waals surface area contributed by atoms with E-state index in [0.29, 0.717) is 5.56 Å². The zero-order valence-electron chi connectivity index (χ0n) is 14.9. The topological polar surface area (TPSA) is 58.1 Å². The van der Waals surface area contributed by atoms with Crippen molar-refractivity contribution in [1.29, 1.82) is 0 Å². The van der Waals surface area contributed by atoms with Gasteiger partial charge in [0.2, 0.25) is 0 Å². The molecule has 1 aliphatic rings. The number of benzene rings is 1. The van der Waals surface area contributed by atoms with Crippen molar-refractivity contribution in [3.05, 3.63) is 42.2 Å². The summed E-state index contributed by atoms with van der Waals surface area (Å²) in [5.41, 5.74) is 2.59. The van der Waals surface area contributed by atoms with Gasteiger partial charge in [-0.15, -0.1) is 0 Å². The zero-order valence-corrected chi connectivity index (χ0v) is 14.9. The molecule has 132 valence electrons. The van der Waals surface area contributed by atoms with E-state index in [0.717, 1.165) is 49.6 Å². The van der Waals surface area contributed by atoms with Crippen LogP contribution in [0.5, 0.6) is 0 Å². The molecule has 2 heterocycles. The standard InChI is InChI=1S/C20H26N4O/c1-2-3-11-21-20(25)17-9-7-16(8-10-17)18-14-19(23-15-22-18)24-12-5-4-6-13-24/h7-10,14-15H,2-6,11-13H2,1H3,(H,21,25). The first-order valence-electron chi connectivity index (χ1n) is 9.23. The smallest absolute Gasteiger partial charge is 0.251 e. The van der Waals surface area contributed by atoms with E-state index < -0.39 is 0 Å². The van der Waals surface area contributed by atoms with Crippen LogP contribution in [0.3, 0.4) is 0 Å². The number of unbranched alkanes of at least 4 members (excludes halogenated alkanes) is 1. The minimum atomic E-state index is -0.0170. The lowest BCUT2D eigenvalue weighted by Gasteiger charge is -2.27. The molecule has 1 aromatic heterocycles. The summed E-state index contributed by atoms with van der Waals surface area (Å²) >= 11 is 0. The summed E-state index contributed by atoms with van der Waals surface area (Å²) in [6, 6.07) is 9.67. The second kappa shape index (κ2) is 8.60. The van der Waals surface area contributed by atoms with Gasteiger partial charge in [0.25, 0.3) is 5.91 Å². The van der Waals surface area contributed by atoms with Crippen LogP contribution in [0.2, 0.25) is 0 Å². The highest BCUT2D eigenvalue weighted by Gasteiger charge is 2.13. The highest BCUT2D eigenvalue weighted by Crippen LogP contribution is 2.23. The number of nitrogens with one attached hydrogen (secondary N) is 1. The molecule has 0 saturated carbocycles. The number of aromatic nitrogens is 2. The molecule has 1 N–H and O–H groups in total. The number of anilines is 1. The molecular formula is C20H26N4O. The molecule has 3 rings (SSSR count). The Labute approximate surface area is 149 Å². The van der Waals surface area contributed by atoms with Crippen molar-refractivity contribution in [2.24, 2.45) is 0 Å². The first-order chi connectivity index (χ1) is 12.3. The zero-order chi connectivity index (χ0) is 17.5. The lowest BCUT2D eigenvalue weighted by Crippen LogP contribution is -2.30. The fourth-order valence-electron chi connectivity index (χ4n) is 3.07. The Bertz CT molecular complexity index is 693. The van der Waals surface area contributed by atoms with Crippen LogP contribution >= 0.6 is 0 Å². The first kappa shape index (κ1) is 17.4. The second-order valence-electron chi connectivity index (χ2n) is 6.50. The van der Waals surface area contributed by atoms with Gasteiger partial charge in [0, 0.05) is 36.8 Å². The number of carbonyl (C=O) groups is 1. The molecule has 1 aliphatic heterocycles. The van der Waals surface area contributed by atoms with Gasteiger partial charge in [0.1, 0.15) is 12.1 Å². The van der Waals surface area contributed by atoms with Crippen molar-refractivity contribution in [3.8, 4) is 11.3 Å². The van der Waals surface area contributed by atoms with Crippen LogP contribution in [0.25, 0.3) is 11.3 Å². The van der Waals surface area contributed by atoms with Crippen molar-refractivity contribution >= 4 is 11.7 Å². The Kier molecular flexibility index (Phi) is 5.99. The SMILES string of the molecule is CCCCNC(=O)c1ccc(-c2cc(N3CCCCC3)ncn2)cc1. The molecular weight excluding hydrogens is 312 g/mol. The van der Waals surface area contributed by atoms with Crippen molar-refractivity contribution in [2.75, 3.05) is 24.5 Å². The number of piperidine rings is 1. The predicted molar refractivity (Wildman–Crippen MR) is 101 cm³/mol. The molecule has 1 fully saturated rings. The molecule has 0 radical (unpaired) electrons. The third-order valence-corrected chi connectivity index (χ3v) is 4.59. The average molecular weight is 338 g/mol. The van der Waals surface area contributed by atoms with Gasteiger partial charge in [-0.25, -0.2) is 9.97 Å². The van der Waals surface area contributed by atoms with E-state index in [1.165, 1.54) is 19.3 Å². The molecule has 1 aromatic carbocycles. The third kappa shape index (κ3) is 4.56. The van der Waals surface area contributed by atoms with Crippen LogP contribution in [-0.4, -0.2) is 35.5 Å². The molecule has 0 spiro atoms. The van der Waals surface area contributed by atoms with Crippen LogP contribution in [0.4, 0.5) is 5.82 Å². The van der Waals surface area contributed by atoms with E-state index in [-0.39, 0.29) is 5.91 Å². The van der Waals surface area contributed by atoms with Gasteiger partial charge < -0.3 is 10.2 Å². The first-order valence-corrected chi connectivity index (χ1v) is 9.23. The monoisotopic (exact) mass is 338 g/mol. The minimum Gasteiger partial charge on any atom is -0.357 e. The molecule has 0 aliphatic carbocycles. The van der Waals surface area contributed by atoms with Gasteiger partial charge in [-0.1, -0.05) is 25.5 Å². The van der Waals surface area contributed by atoms with E-state index in [9.17, 15) is 4.79 Å². The fraction of sp³-hybridized carbons (Fsp3) is 0.450. The average Bonchev–Trinajstić information content (AvgIpc) is 2.69. The van der Waals surface area contributed by atoms with Crippen LogP contribution < -0.4 is 10.2 Å². The maximum atomic E-state index is 12.1. The summed E-state index contributed by atoms with van der Waals surface area (Å²) in [7, 11) is 0. The third-order valence-electron chi connectivity index (χ3n) is 4.59. The molecule has 1 saturated heterocycles. The number of amides is 1. The maximum absolute atomic E-state index is 12.1. The number of hydrogen-bond donors (Lipinski definition) is 1. The molecule has 0 atom stereocenters.